The summed E-state index contributed by atoms with van der Waals surface area (Å²) in [4.78, 5) is 25.1. The maximum absolute atomic E-state index is 12.0. The van der Waals surface area contributed by atoms with E-state index in [1.165, 1.54) is 6.08 Å². The minimum Gasteiger partial charge on any atom is -0.353 e. The average molecular weight is 270 g/mol. The van der Waals surface area contributed by atoms with E-state index in [9.17, 15) is 9.59 Å². The average Bonchev–Trinajstić information content (AvgIpc) is 2.38. The molecule has 5 heteroatoms. The number of likely N-dealkylation sites (tertiary alicyclic amines) is 1. The molecule has 1 fully saturated rings. The van der Waals surface area contributed by atoms with Crippen molar-refractivity contribution in [2.45, 2.75) is 25.8 Å². The third kappa shape index (κ3) is 4.37. The molecule has 0 aliphatic carbocycles. The molecular weight excluding hydrogens is 248 g/mol. The summed E-state index contributed by atoms with van der Waals surface area (Å²) in [6.45, 7) is 6.80. The molecule has 0 aromatic rings. The van der Waals surface area contributed by atoms with E-state index in [0.29, 0.717) is 13.1 Å². The molecular formula is C13H22N2O2S. The SMILES string of the molecule is C=CC(=O)N1CCC(C(=O)NC(C)CSC)CC1. The third-order valence-corrected chi connectivity index (χ3v) is 3.99. The Morgan fingerprint density at radius 3 is 2.61 bits per heavy atom. The summed E-state index contributed by atoms with van der Waals surface area (Å²) in [5.41, 5.74) is 0. The molecule has 1 atom stereocenters. The molecule has 2 amide bonds. The van der Waals surface area contributed by atoms with E-state index < -0.39 is 0 Å². The molecule has 1 saturated heterocycles. The Balaban J connectivity index is 2.36. The van der Waals surface area contributed by atoms with E-state index in [1.54, 1.807) is 16.7 Å². The molecule has 1 unspecified atom stereocenters. The van der Waals surface area contributed by atoms with Gasteiger partial charge in [0.05, 0.1) is 0 Å². The van der Waals surface area contributed by atoms with E-state index >= 15 is 0 Å². The molecule has 0 radical (unpaired) electrons. The van der Waals surface area contributed by atoms with Gasteiger partial charge < -0.3 is 10.2 Å². The Hall–Kier alpha value is -0.970. The first kappa shape index (κ1) is 15.1. The van der Waals surface area contributed by atoms with E-state index in [-0.39, 0.29) is 23.8 Å². The van der Waals surface area contributed by atoms with Crippen molar-refractivity contribution in [2.24, 2.45) is 5.92 Å². The Bertz CT molecular complexity index is 312. The van der Waals surface area contributed by atoms with Gasteiger partial charge in [0.25, 0.3) is 0 Å². The van der Waals surface area contributed by atoms with Crippen LogP contribution >= 0.6 is 11.8 Å². The van der Waals surface area contributed by atoms with Gasteiger partial charge in [-0.1, -0.05) is 6.58 Å². The van der Waals surface area contributed by atoms with Gasteiger partial charge in [-0.05, 0) is 32.1 Å². The number of amides is 2. The minimum atomic E-state index is -0.0374. The fourth-order valence-electron chi connectivity index (χ4n) is 2.14. The molecule has 18 heavy (non-hydrogen) atoms. The molecule has 0 aromatic carbocycles. The van der Waals surface area contributed by atoms with Crippen LogP contribution in [0.3, 0.4) is 0 Å². The van der Waals surface area contributed by atoms with Gasteiger partial charge in [0.1, 0.15) is 0 Å². The van der Waals surface area contributed by atoms with Crippen LogP contribution in [0.4, 0.5) is 0 Å². The molecule has 0 saturated carbocycles. The number of nitrogens with one attached hydrogen (secondary N) is 1. The van der Waals surface area contributed by atoms with Crippen LogP contribution < -0.4 is 5.32 Å². The lowest BCUT2D eigenvalue weighted by Gasteiger charge is -2.31. The highest BCUT2D eigenvalue weighted by Gasteiger charge is 2.26. The molecule has 1 N–H and O–H groups in total. The highest BCUT2D eigenvalue weighted by atomic mass is 32.2. The van der Waals surface area contributed by atoms with Gasteiger partial charge >= 0.3 is 0 Å². The molecule has 1 heterocycles. The molecule has 4 nitrogen and oxygen atoms in total. The van der Waals surface area contributed by atoms with Gasteiger partial charge in [-0.25, -0.2) is 0 Å². The quantitative estimate of drug-likeness (QED) is 0.766. The molecule has 1 aliphatic heterocycles. The first-order valence-corrected chi connectivity index (χ1v) is 7.68. The third-order valence-electron chi connectivity index (χ3n) is 3.16. The van der Waals surface area contributed by atoms with Crippen molar-refractivity contribution >= 4 is 23.6 Å². The number of rotatable bonds is 5. The largest absolute Gasteiger partial charge is 0.353 e. The Morgan fingerprint density at radius 1 is 1.50 bits per heavy atom. The van der Waals surface area contributed by atoms with Crippen molar-refractivity contribution < 1.29 is 9.59 Å². The zero-order valence-corrected chi connectivity index (χ0v) is 12.0. The first-order valence-electron chi connectivity index (χ1n) is 6.29. The fourth-order valence-corrected chi connectivity index (χ4v) is 2.73. The smallest absolute Gasteiger partial charge is 0.245 e. The highest BCUT2D eigenvalue weighted by Crippen LogP contribution is 2.17. The second kappa shape index (κ2) is 7.46. The lowest BCUT2D eigenvalue weighted by atomic mass is 9.95. The van der Waals surface area contributed by atoms with Gasteiger partial charge in [-0.15, -0.1) is 0 Å². The van der Waals surface area contributed by atoms with Crippen molar-refractivity contribution in [3.05, 3.63) is 12.7 Å². The van der Waals surface area contributed by atoms with Crippen molar-refractivity contribution in [3.63, 3.8) is 0 Å². The standard InChI is InChI=1S/C13H22N2O2S/c1-4-12(16)15-7-5-11(6-8-15)13(17)14-10(2)9-18-3/h4,10-11H,1,5-9H2,2-3H3,(H,14,17). The topological polar surface area (TPSA) is 49.4 Å². The molecule has 0 bridgehead atoms. The van der Waals surface area contributed by atoms with Gasteiger partial charge in [-0.2, -0.15) is 11.8 Å². The van der Waals surface area contributed by atoms with Crippen LogP contribution in [0.5, 0.6) is 0 Å². The number of hydrogen-bond acceptors (Lipinski definition) is 3. The first-order chi connectivity index (χ1) is 8.58. The van der Waals surface area contributed by atoms with Crippen LogP contribution in [0.25, 0.3) is 0 Å². The Labute approximate surface area is 113 Å². The fraction of sp³-hybridized carbons (Fsp3) is 0.692. The minimum absolute atomic E-state index is 0.0374. The Kier molecular flexibility index (Phi) is 6.25. The predicted octanol–water partition coefficient (Wildman–Crippen LogP) is 1.28. The summed E-state index contributed by atoms with van der Waals surface area (Å²) < 4.78 is 0. The Morgan fingerprint density at radius 2 is 2.11 bits per heavy atom. The van der Waals surface area contributed by atoms with E-state index in [4.69, 9.17) is 0 Å². The lowest BCUT2D eigenvalue weighted by molar-refractivity contribution is -0.132. The van der Waals surface area contributed by atoms with Crippen molar-refractivity contribution in [1.82, 2.24) is 10.2 Å². The molecule has 0 spiro atoms. The number of hydrogen-bond donors (Lipinski definition) is 1. The van der Waals surface area contributed by atoms with Crippen LogP contribution in [0.2, 0.25) is 0 Å². The molecule has 102 valence electrons. The van der Waals surface area contributed by atoms with Gasteiger partial charge in [0.15, 0.2) is 0 Å². The number of nitrogens with zero attached hydrogens (tertiary/aromatic N) is 1. The van der Waals surface area contributed by atoms with Crippen LogP contribution in [-0.4, -0.2) is 47.9 Å². The van der Waals surface area contributed by atoms with Gasteiger partial charge in [0.2, 0.25) is 11.8 Å². The summed E-state index contributed by atoms with van der Waals surface area (Å²) in [6.07, 6.45) is 4.86. The zero-order chi connectivity index (χ0) is 13.5. The molecule has 1 rings (SSSR count). The number of carbonyl (C=O) groups excluding carboxylic acids is 2. The maximum Gasteiger partial charge on any atom is 0.245 e. The van der Waals surface area contributed by atoms with E-state index in [0.717, 1.165) is 18.6 Å². The van der Waals surface area contributed by atoms with Crippen molar-refractivity contribution in [2.75, 3.05) is 25.1 Å². The number of carbonyl (C=O) groups is 2. The molecule has 0 aromatic heterocycles. The monoisotopic (exact) mass is 270 g/mol. The van der Waals surface area contributed by atoms with Crippen molar-refractivity contribution in [1.29, 1.82) is 0 Å². The number of thioether (sulfide) groups is 1. The summed E-state index contributed by atoms with van der Waals surface area (Å²) in [5, 5.41) is 3.03. The van der Waals surface area contributed by atoms with Crippen LogP contribution in [-0.2, 0) is 9.59 Å². The normalized spacial score (nSPS) is 18.2. The summed E-state index contributed by atoms with van der Waals surface area (Å²) >= 11 is 1.73. The van der Waals surface area contributed by atoms with Crippen LogP contribution in [0, 0.1) is 5.92 Å². The summed E-state index contributed by atoms with van der Waals surface area (Å²) in [5.74, 6) is 1.06. The maximum atomic E-state index is 12.0. The second-order valence-corrected chi connectivity index (χ2v) is 5.58. The predicted molar refractivity (Wildman–Crippen MR) is 75.5 cm³/mol. The van der Waals surface area contributed by atoms with E-state index in [1.807, 2.05) is 13.2 Å². The van der Waals surface area contributed by atoms with Crippen LogP contribution in [0.1, 0.15) is 19.8 Å². The van der Waals surface area contributed by atoms with Gasteiger partial charge in [0, 0.05) is 30.8 Å². The summed E-state index contributed by atoms with van der Waals surface area (Å²) in [6, 6.07) is 0.209. The lowest BCUT2D eigenvalue weighted by Crippen LogP contribution is -2.44. The van der Waals surface area contributed by atoms with Crippen LogP contribution in [0.15, 0.2) is 12.7 Å². The number of piperidine rings is 1. The molecule has 1 aliphatic rings. The summed E-state index contributed by atoms with van der Waals surface area (Å²) in [7, 11) is 0. The second-order valence-electron chi connectivity index (χ2n) is 4.67. The van der Waals surface area contributed by atoms with Gasteiger partial charge in [-0.3, -0.25) is 9.59 Å². The van der Waals surface area contributed by atoms with Crippen molar-refractivity contribution in [3.8, 4) is 0 Å². The highest BCUT2D eigenvalue weighted by molar-refractivity contribution is 7.98. The van der Waals surface area contributed by atoms with E-state index in [2.05, 4.69) is 11.9 Å². The zero-order valence-electron chi connectivity index (χ0n) is 11.1.